The van der Waals surface area contributed by atoms with Crippen molar-refractivity contribution in [3.05, 3.63) is 11.6 Å². The molecule has 0 fully saturated rings. The molecule has 0 saturated heterocycles. The molecule has 0 aromatic carbocycles. The van der Waals surface area contributed by atoms with Gasteiger partial charge >= 0.3 is 0 Å². The molecule has 0 bridgehead atoms. The van der Waals surface area contributed by atoms with Crippen molar-refractivity contribution in [3.63, 3.8) is 0 Å². The molecule has 0 aliphatic heterocycles. The average Bonchev–Trinajstić information content (AvgIpc) is 2.05. The smallest absolute Gasteiger partial charge is 0.0620 e. The van der Waals surface area contributed by atoms with Crippen LogP contribution in [-0.4, -0.2) is 10.7 Å². The fourth-order valence-corrected chi connectivity index (χ4v) is 1.30. The van der Waals surface area contributed by atoms with Crippen molar-refractivity contribution in [3.8, 4) is 0 Å². The molecule has 0 aliphatic rings. The minimum atomic E-state index is -0.469. The normalized spacial score (nSPS) is 17.2. The number of aliphatic hydroxyl groups is 1. The molecule has 1 N–H and O–H groups in total. The summed E-state index contributed by atoms with van der Waals surface area (Å²) in [7, 11) is 0. The number of hydrogen-bond acceptors (Lipinski definition) is 1. The fraction of sp³-hybridized carbons (Fsp3) is 0.833. The van der Waals surface area contributed by atoms with Crippen LogP contribution in [0.3, 0.4) is 0 Å². The Balaban J connectivity index is 3.71. The van der Waals surface area contributed by atoms with E-state index in [1.54, 1.807) is 0 Å². The maximum atomic E-state index is 9.74. The fourth-order valence-electron chi connectivity index (χ4n) is 1.30. The van der Waals surface area contributed by atoms with E-state index in [1.165, 1.54) is 18.4 Å². The topological polar surface area (TPSA) is 20.2 Å². The van der Waals surface area contributed by atoms with Crippen molar-refractivity contribution in [2.24, 2.45) is 0 Å². The monoisotopic (exact) mass is 184 g/mol. The molecule has 0 aromatic heterocycles. The van der Waals surface area contributed by atoms with E-state index >= 15 is 0 Å². The van der Waals surface area contributed by atoms with Gasteiger partial charge in [0.15, 0.2) is 0 Å². The van der Waals surface area contributed by atoms with Crippen LogP contribution in [0.25, 0.3) is 0 Å². The second kappa shape index (κ2) is 6.20. The van der Waals surface area contributed by atoms with Crippen LogP contribution in [0.2, 0.25) is 0 Å². The Morgan fingerprint density at radius 2 is 2.00 bits per heavy atom. The molecule has 0 aromatic rings. The summed E-state index contributed by atoms with van der Waals surface area (Å²) in [5.74, 6) is 0. The second-order valence-electron chi connectivity index (χ2n) is 4.19. The molecule has 13 heavy (non-hydrogen) atoms. The molecule has 0 aliphatic carbocycles. The molecule has 0 saturated carbocycles. The van der Waals surface area contributed by atoms with Crippen LogP contribution in [0.15, 0.2) is 11.6 Å². The van der Waals surface area contributed by atoms with Crippen molar-refractivity contribution in [1.29, 1.82) is 0 Å². The summed E-state index contributed by atoms with van der Waals surface area (Å²) in [6.07, 6.45) is 7.39. The van der Waals surface area contributed by atoms with Gasteiger partial charge in [-0.25, -0.2) is 0 Å². The lowest BCUT2D eigenvalue weighted by atomic mass is 9.96. The predicted molar refractivity (Wildman–Crippen MR) is 58.8 cm³/mol. The Morgan fingerprint density at radius 3 is 2.46 bits per heavy atom. The molecule has 1 nitrogen and oxygen atoms in total. The Kier molecular flexibility index (Phi) is 6.06. The van der Waals surface area contributed by atoms with Gasteiger partial charge in [0.1, 0.15) is 0 Å². The Morgan fingerprint density at radius 1 is 1.38 bits per heavy atom. The van der Waals surface area contributed by atoms with Gasteiger partial charge in [-0.2, -0.15) is 0 Å². The highest BCUT2D eigenvalue weighted by Gasteiger charge is 2.15. The van der Waals surface area contributed by atoms with Gasteiger partial charge in [0.05, 0.1) is 5.60 Å². The van der Waals surface area contributed by atoms with Crippen molar-refractivity contribution in [1.82, 2.24) is 0 Å². The van der Waals surface area contributed by atoms with Crippen LogP contribution in [-0.2, 0) is 0 Å². The maximum Gasteiger partial charge on any atom is 0.0620 e. The van der Waals surface area contributed by atoms with Crippen molar-refractivity contribution in [2.75, 3.05) is 0 Å². The zero-order valence-electron chi connectivity index (χ0n) is 9.56. The van der Waals surface area contributed by atoms with Crippen LogP contribution < -0.4 is 0 Å². The molecular weight excluding hydrogens is 160 g/mol. The van der Waals surface area contributed by atoms with E-state index in [1.807, 2.05) is 13.8 Å². The minimum absolute atomic E-state index is 0.469. The zero-order valence-corrected chi connectivity index (χ0v) is 9.56. The average molecular weight is 184 g/mol. The molecule has 0 amide bonds. The van der Waals surface area contributed by atoms with Crippen molar-refractivity contribution in [2.45, 2.75) is 65.4 Å². The Bertz CT molecular complexity index is 157. The van der Waals surface area contributed by atoms with Crippen LogP contribution in [0.1, 0.15) is 59.8 Å². The summed E-state index contributed by atoms with van der Waals surface area (Å²) in [4.78, 5) is 0. The molecule has 1 heteroatoms. The van der Waals surface area contributed by atoms with Gasteiger partial charge in [-0.3, -0.25) is 0 Å². The highest BCUT2D eigenvalue weighted by atomic mass is 16.3. The van der Waals surface area contributed by atoms with Gasteiger partial charge in [-0.05, 0) is 39.5 Å². The van der Waals surface area contributed by atoms with Gasteiger partial charge in [-0.1, -0.05) is 31.9 Å². The van der Waals surface area contributed by atoms with Gasteiger partial charge in [0.25, 0.3) is 0 Å². The highest BCUT2D eigenvalue weighted by Crippen LogP contribution is 2.17. The summed E-state index contributed by atoms with van der Waals surface area (Å²) in [5.41, 5.74) is 0.984. The number of rotatable bonds is 6. The second-order valence-corrected chi connectivity index (χ2v) is 4.19. The van der Waals surface area contributed by atoms with Crippen molar-refractivity contribution < 1.29 is 5.11 Å². The summed E-state index contributed by atoms with van der Waals surface area (Å²) < 4.78 is 0. The van der Waals surface area contributed by atoms with Crippen LogP contribution >= 0.6 is 0 Å². The largest absolute Gasteiger partial charge is 0.390 e. The van der Waals surface area contributed by atoms with E-state index in [0.717, 1.165) is 19.3 Å². The summed E-state index contributed by atoms with van der Waals surface area (Å²) in [6.45, 7) is 8.31. The summed E-state index contributed by atoms with van der Waals surface area (Å²) in [6, 6.07) is 0. The highest BCUT2D eigenvalue weighted by molar-refractivity contribution is 4.98. The van der Waals surface area contributed by atoms with Gasteiger partial charge in [-0.15, -0.1) is 0 Å². The van der Waals surface area contributed by atoms with Crippen LogP contribution in [0.5, 0.6) is 0 Å². The number of hydrogen-bond donors (Lipinski definition) is 1. The molecular formula is C12H24O. The Hall–Kier alpha value is -0.300. The Labute approximate surface area is 82.9 Å². The lowest BCUT2D eigenvalue weighted by Gasteiger charge is -2.20. The third-order valence-corrected chi connectivity index (χ3v) is 2.58. The van der Waals surface area contributed by atoms with Crippen LogP contribution in [0, 0.1) is 0 Å². The zero-order chi connectivity index (χ0) is 10.3. The third kappa shape index (κ3) is 6.83. The predicted octanol–water partition coefficient (Wildman–Crippen LogP) is 3.67. The molecule has 0 heterocycles. The maximum absolute atomic E-state index is 9.74. The van der Waals surface area contributed by atoms with E-state index < -0.39 is 5.60 Å². The minimum Gasteiger partial charge on any atom is -0.390 e. The lowest BCUT2D eigenvalue weighted by Crippen LogP contribution is -2.21. The first kappa shape index (κ1) is 12.7. The first-order valence-electron chi connectivity index (χ1n) is 5.40. The van der Waals surface area contributed by atoms with Gasteiger partial charge in [0, 0.05) is 0 Å². The first-order valence-corrected chi connectivity index (χ1v) is 5.40. The molecule has 0 radical (unpaired) electrons. The molecule has 78 valence electrons. The van der Waals surface area contributed by atoms with E-state index in [9.17, 15) is 5.11 Å². The first-order chi connectivity index (χ1) is 6.02. The van der Waals surface area contributed by atoms with E-state index in [4.69, 9.17) is 0 Å². The standard InChI is InChI=1S/C12H24O/c1-5-8-11(3)9-7-10-12(4,13)6-2/h9,13H,5-8,10H2,1-4H3/b11-9+. The molecule has 1 atom stereocenters. The third-order valence-electron chi connectivity index (χ3n) is 2.58. The van der Waals surface area contributed by atoms with E-state index in [2.05, 4.69) is 19.9 Å². The van der Waals surface area contributed by atoms with E-state index in [-0.39, 0.29) is 0 Å². The van der Waals surface area contributed by atoms with Gasteiger partial charge in [0.2, 0.25) is 0 Å². The molecule has 1 unspecified atom stereocenters. The number of allylic oxidation sites excluding steroid dienone is 2. The summed E-state index contributed by atoms with van der Waals surface area (Å²) in [5, 5.41) is 9.74. The lowest BCUT2D eigenvalue weighted by molar-refractivity contribution is 0.0480. The van der Waals surface area contributed by atoms with Crippen LogP contribution in [0.4, 0.5) is 0 Å². The molecule has 0 rings (SSSR count). The van der Waals surface area contributed by atoms with Gasteiger partial charge < -0.3 is 5.11 Å². The van der Waals surface area contributed by atoms with Crippen molar-refractivity contribution >= 4 is 0 Å². The quantitative estimate of drug-likeness (QED) is 0.624. The summed E-state index contributed by atoms with van der Waals surface area (Å²) >= 11 is 0. The van der Waals surface area contributed by atoms with E-state index in [0.29, 0.717) is 0 Å². The molecule has 0 spiro atoms. The SMILES string of the molecule is CCC/C(C)=C/CCC(C)(O)CC.